The number of hydrogen-bond acceptors (Lipinski definition) is 4. The first kappa shape index (κ1) is 10.6. The Hall–Kier alpha value is -1.55. The molecule has 0 saturated carbocycles. The van der Waals surface area contributed by atoms with Gasteiger partial charge in [-0.25, -0.2) is 4.98 Å². The highest BCUT2D eigenvalue weighted by molar-refractivity contribution is 5.88. The number of aromatic nitrogens is 1. The van der Waals surface area contributed by atoms with Crippen LogP contribution in [0.15, 0.2) is 29.0 Å². The lowest BCUT2D eigenvalue weighted by molar-refractivity contribution is 0.422. The summed E-state index contributed by atoms with van der Waals surface area (Å²) in [6.45, 7) is 2.83. The van der Waals surface area contributed by atoms with Crippen molar-refractivity contribution in [1.82, 2.24) is 4.98 Å². The number of fused-ring (bicyclic) bond motifs is 1. The molecule has 2 N–H and O–H groups in total. The first-order valence-corrected chi connectivity index (χ1v) is 6.15. The van der Waals surface area contributed by atoms with Crippen LogP contribution in [0.1, 0.15) is 12.8 Å². The number of hydrogen-bond donors (Lipinski definition) is 1. The van der Waals surface area contributed by atoms with E-state index in [1.807, 2.05) is 18.3 Å². The van der Waals surface area contributed by atoms with E-state index >= 15 is 0 Å². The van der Waals surface area contributed by atoms with Crippen LogP contribution in [0.25, 0.3) is 11.0 Å². The number of rotatable bonds is 2. The van der Waals surface area contributed by atoms with Crippen LogP contribution in [-0.4, -0.2) is 24.6 Å². The minimum absolute atomic E-state index is 0.590. The third-order valence-corrected chi connectivity index (χ3v) is 3.51. The maximum atomic E-state index is 5.77. The molecule has 17 heavy (non-hydrogen) atoms. The van der Waals surface area contributed by atoms with Crippen molar-refractivity contribution in [3.8, 4) is 0 Å². The minimum atomic E-state index is 0.590. The van der Waals surface area contributed by atoms with Crippen LogP contribution in [0.2, 0.25) is 0 Å². The zero-order chi connectivity index (χ0) is 11.7. The van der Waals surface area contributed by atoms with Crippen molar-refractivity contribution in [2.75, 3.05) is 24.5 Å². The van der Waals surface area contributed by atoms with Crippen LogP contribution >= 0.6 is 0 Å². The molecular formula is C13H17N3O. The Bertz CT molecular complexity index is 508. The van der Waals surface area contributed by atoms with Crippen LogP contribution < -0.4 is 10.6 Å². The molecule has 0 amide bonds. The number of nitrogens with two attached hydrogens (primary N) is 1. The number of furan rings is 1. The Morgan fingerprint density at radius 1 is 1.47 bits per heavy atom. The van der Waals surface area contributed by atoms with Gasteiger partial charge in [0, 0.05) is 19.3 Å². The fraction of sp³-hybridized carbons (Fsp3) is 0.462. The molecule has 4 nitrogen and oxygen atoms in total. The molecule has 0 aliphatic carbocycles. The lowest BCUT2D eigenvalue weighted by Crippen LogP contribution is -2.38. The molecule has 1 unspecified atom stereocenters. The number of piperidine rings is 1. The first-order chi connectivity index (χ1) is 8.38. The van der Waals surface area contributed by atoms with Crippen LogP contribution in [0, 0.1) is 5.92 Å². The molecule has 1 aliphatic rings. The van der Waals surface area contributed by atoms with E-state index in [0.29, 0.717) is 5.92 Å². The quantitative estimate of drug-likeness (QED) is 0.859. The van der Waals surface area contributed by atoms with Crippen LogP contribution in [0.4, 0.5) is 5.82 Å². The summed E-state index contributed by atoms with van der Waals surface area (Å²) in [4.78, 5) is 6.83. The van der Waals surface area contributed by atoms with Gasteiger partial charge in [-0.3, -0.25) is 0 Å². The third-order valence-electron chi connectivity index (χ3n) is 3.51. The van der Waals surface area contributed by atoms with Crippen molar-refractivity contribution in [2.45, 2.75) is 12.8 Å². The zero-order valence-corrected chi connectivity index (χ0v) is 9.80. The molecule has 2 aromatic rings. The van der Waals surface area contributed by atoms with Gasteiger partial charge in [0.25, 0.3) is 0 Å². The van der Waals surface area contributed by atoms with Gasteiger partial charge in [-0.05, 0) is 37.4 Å². The second kappa shape index (κ2) is 4.37. The van der Waals surface area contributed by atoms with E-state index in [-0.39, 0.29) is 0 Å². The fourth-order valence-electron chi connectivity index (χ4n) is 2.58. The molecule has 3 rings (SSSR count). The van der Waals surface area contributed by atoms with Gasteiger partial charge < -0.3 is 15.1 Å². The summed E-state index contributed by atoms with van der Waals surface area (Å²) in [5.41, 5.74) is 6.68. The van der Waals surface area contributed by atoms with Gasteiger partial charge in [-0.15, -0.1) is 0 Å². The lowest BCUT2D eigenvalue weighted by Gasteiger charge is -2.33. The molecule has 0 aromatic carbocycles. The average Bonchev–Trinajstić information content (AvgIpc) is 2.87. The lowest BCUT2D eigenvalue weighted by atomic mass is 9.98. The summed E-state index contributed by atoms with van der Waals surface area (Å²) in [5, 5.41) is 1.10. The van der Waals surface area contributed by atoms with E-state index in [2.05, 4.69) is 9.88 Å². The number of pyridine rings is 1. The summed E-state index contributed by atoms with van der Waals surface area (Å²) in [7, 11) is 0. The molecule has 3 heterocycles. The van der Waals surface area contributed by atoms with Crippen molar-refractivity contribution < 1.29 is 4.42 Å². The molecule has 4 heteroatoms. The van der Waals surface area contributed by atoms with Crippen LogP contribution in [0.3, 0.4) is 0 Å². The number of anilines is 1. The Balaban J connectivity index is 1.94. The van der Waals surface area contributed by atoms with Gasteiger partial charge in [-0.2, -0.15) is 0 Å². The van der Waals surface area contributed by atoms with Gasteiger partial charge in [0.2, 0.25) is 0 Å². The molecule has 1 aliphatic heterocycles. The van der Waals surface area contributed by atoms with E-state index in [4.69, 9.17) is 10.2 Å². The normalized spacial score (nSPS) is 21.0. The maximum absolute atomic E-state index is 5.77. The average molecular weight is 231 g/mol. The molecular weight excluding hydrogens is 214 g/mol. The predicted octanol–water partition coefficient (Wildman–Crippen LogP) is 2.00. The monoisotopic (exact) mass is 231 g/mol. The first-order valence-electron chi connectivity index (χ1n) is 6.15. The zero-order valence-electron chi connectivity index (χ0n) is 9.80. The van der Waals surface area contributed by atoms with Crippen molar-refractivity contribution in [3.05, 3.63) is 24.6 Å². The topological polar surface area (TPSA) is 55.3 Å². The molecule has 1 saturated heterocycles. The summed E-state index contributed by atoms with van der Waals surface area (Å²) < 4.78 is 5.41. The highest BCUT2D eigenvalue weighted by Crippen LogP contribution is 2.28. The molecule has 1 fully saturated rings. The van der Waals surface area contributed by atoms with Gasteiger partial charge >= 0.3 is 0 Å². The van der Waals surface area contributed by atoms with Crippen molar-refractivity contribution in [1.29, 1.82) is 0 Å². The SMILES string of the molecule is NCC1CCCN(c2nccc3occc23)C1. The Labute approximate surface area is 100 Å². The third kappa shape index (κ3) is 1.89. The smallest absolute Gasteiger partial charge is 0.139 e. The second-order valence-corrected chi connectivity index (χ2v) is 4.66. The van der Waals surface area contributed by atoms with Crippen molar-refractivity contribution in [3.63, 3.8) is 0 Å². The van der Waals surface area contributed by atoms with Crippen LogP contribution in [0.5, 0.6) is 0 Å². The highest BCUT2D eigenvalue weighted by atomic mass is 16.3. The summed E-state index contributed by atoms with van der Waals surface area (Å²) in [6, 6.07) is 3.90. The fourth-order valence-corrected chi connectivity index (χ4v) is 2.58. The predicted molar refractivity (Wildman–Crippen MR) is 68.0 cm³/mol. The molecule has 2 aromatic heterocycles. The minimum Gasteiger partial charge on any atom is -0.464 e. The summed E-state index contributed by atoms with van der Waals surface area (Å²) in [5.74, 6) is 1.63. The molecule has 1 atom stereocenters. The summed E-state index contributed by atoms with van der Waals surface area (Å²) in [6.07, 6.45) is 5.96. The van der Waals surface area contributed by atoms with E-state index in [0.717, 1.165) is 36.4 Å². The van der Waals surface area contributed by atoms with E-state index in [1.54, 1.807) is 6.26 Å². The van der Waals surface area contributed by atoms with Crippen molar-refractivity contribution in [2.24, 2.45) is 11.7 Å². The maximum Gasteiger partial charge on any atom is 0.139 e. The largest absolute Gasteiger partial charge is 0.464 e. The van der Waals surface area contributed by atoms with Crippen LogP contribution in [-0.2, 0) is 0 Å². The number of nitrogens with zero attached hydrogens (tertiary/aromatic N) is 2. The van der Waals surface area contributed by atoms with Gasteiger partial charge in [0.15, 0.2) is 0 Å². The van der Waals surface area contributed by atoms with Gasteiger partial charge in [0.1, 0.15) is 11.4 Å². The summed E-state index contributed by atoms with van der Waals surface area (Å²) >= 11 is 0. The van der Waals surface area contributed by atoms with Gasteiger partial charge in [-0.1, -0.05) is 0 Å². The molecule has 0 radical (unpaired) electrons. The Morgan fingerprint density at radius 2 is 2.41 bits per heavy atom. The molecule has 0 bridgehead atoms. The van der Waals surface area contributed by atoms with Crippen molar-refractivity contribution >= 4 is 16.8 Å². The molecule has 0 spiro atoms. The van der Waals surface area contributed by atoms with E-state index < -0.39 is 0 Å². The highest BCUT2D eigenvalue weighted by Gasteiger charge is 2.21. The van der Waals surface area contributed by atoms with E-state index in [1.165, 1.54) is 12.8 Å². The van der Waals surface area contributed by atoms with E-state index in [9.17, 15) is 0 Å². The van der Waals surface area contributed by atoms with Gasteiger partial charge in [0.05, 0.1) is 11.6 Å². The molecule has 90 valence electrons. The Kier molecular flexibility index (Phi) is 2.73. The standard InChI is InChI=1S/C13H17N3O/c14-8-10-2-1-6-16(9-10)13-11-4-7-17-12(11)3-5-15-13/h3-5,7,10H,1-2,6,8-9,14H2. The second-order valence-electron chi connectivity index (χ2n) is 4.66. The Morgan fingerprint density at radius 3 is 3.29 bits per heavy atom.